The second-order valence-electron chi connectivity index (χ2n) is 6.74. The summed E-state index contributed by atoms with van der Waals surface area (Å²) in [5.41, 5.74) is -0.0863. The standard InChI is InChI=1S/C18H19ClN4O3/c19-13-8-21-23(9-13)10-16(24)22-7-3-6-18(12-22)11-20-17(25)14-4-1-2-5-15(14)26-18/h1-2,4-5,8-9H,3,6-7,10-12H2,(H,20,25). The molecule has 4 rings (SSSR count). The molecule has 7 nitrogen and oxygen atoms in total. The fourth-order valence-electron chi connectivity index (χ4n) is 3.55. The average Bonchev–Trinajstić information content (AvgIpc) is 2.99. The number of carbonyl (C=O) groups is 2. The second-order valence-corrected chi connectivity index (χ2v) is 7.18. The number of carbonyl (C=O) groups excluding carboxylic acids is 2. The molecule has 1 aromatic carbocycles. The molecule has 0 saturated carbocycles. The minimum absolute atomic E-state index is 0.0451. The zero-order chi connectivity index (χ0) is 18.1. The van der Waals surface area contributed by atoms with Gasteiger partial charge in [0.05, 0.1) is 29.9 Å². The molecule has 2 aliphatic rings. The Morgan fingerprint density at radius 3 is 3.04 bits per heavy atom. The summed E-state index contributed by atoms with van der Waals surface area (Å²) in [4.78, 5) is 26.7. The molecular weight excluding hydrogens is 356 g/mol. The molecule has 0 bridgehead atoms. The van der Waals surface area contributed by atoms with E-state index in [1.807, 2.05) is 12.1 Å². The van der Waals surface area contributed by atoms with E-state index >= 15 is 0 Å². The van der Waals surface area contributed by atoms with Gasteiger partial charge in [-0.05, 0) is 25.0 Å². The number of likely N-dealkylation sites (tertiary alicyclic amines) is 1. The van der Waals surface area contributed by atoms with Crippen molar-refractivity contribution in [3.63, 3.8) is 0 Å². The van der Waals surface area contributed by atoms with Gasteiger partial charge >= 0.3 is 0 Å². The molecule has 1 spiro atoms. The van der Waals surface area contributed by atoms with Crippen LogP contribution in [0.3, 0.4) is 0 Å². The number of halogens is 1. The summed E-state index contributed by atoms with van der Waals surface area (Å²) in [6, 6.07) is 7.20. The van der Waals surface area contributed by atoms with Gasteiger partial charge in [0.1, 0.15) is 17.9 Å². The number of aromatic nitrogens is 2. The maximum atomic E-state index is 12.7. The highest BCUT2D eigenvalue weighted by Crippen LogP contribution is 2.32. The number of nitrogens with one attached hydrogen (secondary N) is 1. The number of ether oxygens (including phenoxy) is 1. The molecule has 1 fully saturated rings. The maximum Gasteiger partial charge on any atom is 0.255 e. The van der Waals surface area contributed by atoms with Gasteiger partial charge in [0.25, 0.3) is 5.91 Å². The van der Waals surface area contributed by atoms with Gasteiger partial charge in [-0.25, -0.2) is 0 Å². The number of rotatable bonds is 2. The predicted octanol–water partition coefficient (Wildman–Crippen LogP) is 1.72. The fraction of sp³-hybridized carbons (Fsp3) is 0.389. The highest BCUT2D eigenvalue weighted by molar-refractivity contribution is 6.30. The van der Waals surface area contributed by atoms with Crippen LogP contribution in [0.15, 0.2) is 36.7 Å². The second kappa shape index (κ2) is 6.64. The van der Waals surface area contributed by atoms with E-state index in [-0.39, 0.29) is 18.4 Å². The van der Waals surface area contributed by atoms with Crippen molar-refractivity contribution in [2.45, 2.75) is 25.0 Å². The summed E-state index contributed by atoms with van der Waals surface area (Å²) >= 11 is 5.86. The quantitative estimate of drug-likeness (QED) is 0.868. The van der Waals surface area contributed by atoms with Crippen LogP contribution >= 0.6 is 11.6 Å². The van der Waals surface area contributed by atoms with Crippen molar-refractivity contribution in [1.82, 2.24) is 20.0 Å². The van der Waals surface area contributed by atoms with Crippen LogP contribution in [0.1, 0.15) is 23.2 Å². The molecule has 1 saturated heterocycles. The van der Waals surface area contributed by atoms with Crippen LogP contribution in [-0.4, -0.2) is 51.7 Å². The monoisotopic (exact) mass is 374 g/mol. The number of para-hydroxylation sites is 1. The van der Waals surface area contributed by atoms with E-state index in [1.165, 1.54) is 10.9 Å². The smallest absolute Gasteiger partial charge is 0.255 e. The normalized spacial score (nSPS) is 22.3. The Morgan fingerprint density at radius 2 is 2.23 bits per heavy atom. The zero-order valence-electron chi connectivity index (χ0n) is 14.2. The van der Waals surface area contributed by atoms with Crippen LogP contribution in [0.4, 0.5) is 0 Å². The van der Waals surface area contributed by atoms with Crippen molar-refractivity contribution < 1.29 is 14.3 Å². The van der Waals surface area contributed by atoms with Crippen LogP contribution in [0.25, 0.3) is 0 Å². The topological polar surface area (TPSA) is 76.5 Å². The Bertz CT molecular complexity index is 852. The summed E-state index contributed by atoms with van der Waals surface area (Å²) in [5, 5.41) is 7.49. The van der Waals surface area contributed by atoms with E-state index in [4.69, 9.17) is 16.3 Å². The molecule has 8 heteroatoms. The number of hydrogen-bond acceptors (Lipinski definition) is 4. The fourth-order valence-corrected chi connectivity index (χ4v) is 3.71. The Hall–Kier alpha value is -2.54. The molecule has 2 aromatic rings. The zero-order valence-corrected chi connectivity index (χ0v) is 14.9. The summed E-state index contributed by atoms with van der Waals surface area (Å²) in [5.74, 6) is 0.374. The van der Waals surface area contributed by atoms with Crippen molar-refractivity contribution in [3.05, 3.63) is 47.2 Å². The summed E-state index contributed by atoms with van der Waals surface area (Å²) in [6.45, 7) is 1.59. The summed E-state index contributed by atoms with van der Waals surface area (Å²) in [7, 11) is 0. The van der Waals surface area contributed by atoms with E-state index in [0.717, 1.165) is 12.8 Å². The molecule has 26 heavy (non-hydrogen) atoms. The van der Waals surface area contributed by atoms with Crippen molar-refractivity contribution >= 4 is 23.4 Å². The minimum atomic E-state index is -0.613. The molecule has 1 aromatic heterocycles. The average molecular weight is 375 g/mol. The predicted molar refractivity (Wildman–Crippen MR) is 95.2 cm³/mol. The highest BCUT2D eigenvalue weighted by atomic mass is 35.5. The SMILES string of the molecule is O=C1NCC2(CCCN(C(=O)Cn3cc(Cl)cn3)C2)Oc2ccccc21. The molecule has 3 heterocycles. The number of benzene rings is 1. The van der Waals surface area contributed by atoms with Gasteiger partial charge in [-0.2, -0.15) is 5.10 Å². The Morgan fingerprint density at radius 1 is 1.38 bits per heavy atom. The molecule has 1 atom stereocenters. The van der Waals surface area contributed by atoms with E-state index in [1.54, 1.807) is 23.2 Å². The van der Waals surface area contributed by atoms with Gasteiger partial charge in [-0.15, -0.1) is 0 Å². The van der Waals surface area contributed by atoms with Gasteiger partial charge in [0.15, 0.2) is 0 Å². The van der Waals surface area contributed by atoms with Crippen molar-refractivity contribution in [2.24, 2.45) is 0 Å². The third-order valence-electron chi connectivity index (χ3n) is 4.82. The van der Waals surface area contributed by atoms with E-state index in [2.05, 4.69) is 10.4 Å². The lowest BCUT2D eigenvalue weighted by atomic mass is 9.92. The number of fused-ring (bicyclic) bond motifs is 1. The van der Waals surface area contributed by atoms with Crippen LogP contribution in [-0.2, 0) is 11.3 Å². The molecule has 0 radical (unpaired) electrons. The van der Waals surface area contributed by atoms with E-state index in [9.17, 15) is 9.59 Å². The lowest BCUT2D eigenvalue weighted by molar-refractivity contribution is -0.137. The summed E-state index contributed by atoms with van der Waals surface area (Å²) in [6.07, 6.45) is 4.72. The number of amides is 2. The number of piperidine rings is 1. The number of nitrogens with zero attached hydrogens (tertiary/aromatic N) is 3. The van der Waals surface area contributed by atoms with Crippen LogP contribution < -0.4 is 10.1 Å². The highest BCUT2D eigenvalue weighted by Gasteiger charge is 2.42. The lowest BCUT2D eigenvalue weighted by Gasteiger charge is -2.42. The largest absolute Gasteiger partial charge is 0.483 e. The first-order valence-corrected chi connectivity index (χ1v) is 8.94. The minimum Gasteiger partial charge on any atom is -0.483 e. The molecule has 1 unspecified atom stereocenters. The third-order valence-corrected chi connectivity index (χ3v) is 5.02. The van der Waals surface area contributed by atoms with E-state index < -0.39 is 5.60 Å². The maximum absolute atomic E-state index is 12.7. The van der Waals surface area contributed by atoms with Crippen LogP contribution in [0, 0.1) is 0 Å². The molecule has 2 amide bonds. The summed E-state index contributed by atoms with van der Waals surface area (Å²) < 4.78 is 7.79. The van der Waals surface area contributed by atoms with Crippen LogP contribution in [0.2, 0.25) is 5.02 Å². The number of hydrogen-bond donors (Lipinski definition) is 1. The van der Waals surface area contributed by atoms with Crippen molar-refractivity contribution in [1.29, 1.82) is 0 Å². The van der Waals surface area contributed by atoms with Gasteiger partial charge < -0.3 is 15.0 Å². The molecule has 2 aliphatic heterocycles. The van der Waals surface area contributed by atoms with E-state index in [0.29, 0.717) is 36.0 Å². The van der Waals surface area contributed by atoms with Gasteiger partial charge in [0.2, 0.25) is 5.91 Å². The first-order valence-electron chi connectivity index (χ1n) is 8.57. The molecular formula is C18H19ClN4O3. The van der Waals surface area contributed by atoms with Gasteiger partial charge in [-0.1, -0.05) is 23.7 Å². The Balaban J connectivity index is 1.52. The van der Waals surface area contributed by atoms with Crippen LogP contribution in [0.5, 0.6) is 5.75 Å². The molecule has 136 valence electrons. The van der Waals surface area contributed by atoms with Crippen molar-refractivity contribution in [2.75, 3.05) is 19.6 Å². The van der Waals surface area contributed by atoms with Crippen molar-refractivity contribution in [3.8, 4) is 5.75 Å². The van der Waals surface area contributed by atoms with Gasteiger partial charge in [0, 0.05) is 12.7 Å². The lowest BCUT2D eigenvalue weighted by Crippen LogP contribution is -2.58. The molecule has 1 N–H and O–H groups in total. The Kier molecular flexibility index (Phi) is 4.32. The third kappa shape index (κ3) is 3.26. The van der Waals surface area contributed by atoms with Gasteiger partial charge in [-0.3, -0.25) is 14.3 Å². The Labute approximate surface area is 155 Å². The first kappa shape index (κ1) is 16.9. The molecule has 0 aliphatic carbocycles. The first-order chi connectivity index (χ1) is 12.5.